The molecular weight excluding hydrogens is 376 g/mol. The topological polar surface area (TPSA) is 92.8 Å². The highest BCUT2D eigenvalue weighted by Crippen LogP contribution is 2.20. The molecule has 0 fully saturated rings. The van der Waals surface area contributed by atoms with E-state index in [1.165, 1.54) is 11.0 Å². The van der Waals surface area contributed by atoms with Crippen molar-refractivity contribution in [2.45, 2.75) is 11.3 Å². The zero-order valence-electron chi connectivity index (χ0n) is 12.2. The van der Waals surface area contributed by atoms with Crippen LogP contribution in [0.4, 0.5) is 0 Å². The van der Waals surface area contributed by atoms with Gasteiger partial charge in [-0.3, -0.25) is 9.59 Å². The quantitative estimate of drug-likeness (QED) is 0.691. The molecule has 0 aromatic heterocycles. The first-order valence-electron chi connectivity index (χ1n) is 6.34. The van der Waals surface area contributed by atoms with Crippen molar-refractivity contribution in [3.05, 3.63) is 28.7 Å². The van der Waals surface area contributed by atoms with E-state index in [0.717, 1.165) is 0 Å². The molecular formula is C13H17BrN2O5S. The SMILES string of the molecule is CN(C)C(=O)COC(=O)CCNS(=O)(=O)c1ccccc1Br. The number of benzene rings is 1. The molecule has 22 heavy (non-hydrogen) atoms. The molecule has 0 radical (unpaired) electrons. The average molecular weight is 393 g/mol. The van der Waals surface area contributed by atoms with Crippen LogP contribution in [0.15, 0.2) is 33.6 Å². The van der Waals surface area contributed by atoms with Crippen LogP contribution < -0.4 is 4.72 Å². The fourth-order valence-corrected chi connectivity index (χ4v) is 3.40. The summed E-state index contributed by atoms with van der Waals surface area (Å²) in [5, 5.41) is 0. The highest BCUT2D eigenvalue weighted by atomic mass is 79.9. The number of likely N-dealkylation sites (N-methyl/N-ethyl adjacent to an activating group) is 1. The van der Waals surface area contributed by atoms with Crippen molar-refractivity contribution in [1.82, 2.24) is 9.62 Å². The summed E-state index contributed by atoms with van der Waals surface area (Å²) in [4.78, 5) is 24.0. The molecule has 122 valence electrons. The number of nitrogens with one attached hydrogen (secondary N) is 1. The Labute approximate surface area is 137 Å². The number of sulfonamides is 1. The lowest BCUT2D eigenvalue weighted by Gasteiger charge is -2.11. The molecule has 0 aliphatic rings. The molecule has 0 heterocycles. The summed E-state index contributed by atoms with van der Waals surface area (Å²) in [5.74, 6) is -0.993. The van der Waals surface area contributed by atoms with Crippen LogP contribution in [0.25, 0.3) is 0 Å². The van der Waals surface area contributed by atoms with Crippen LogP contribution in [0.2, 0.25) is 0 Å². The molecule has 0 aliphatic carbocycles. The van der Waals surface area contributed by atoms with Crippen molar-refractivity contribution in [3.63, 3.8) is 0 Å². The molecule has 1 N–H and O–H groups in total. The van der Waals surface area contributed by atoms with Crippen LogP contribution in [0, 0.1) is 0 Å². The van der Waals surface area contributed by atoms with Crippen molar-refractivity contribution in [1.29, 1.82) is 0 Å². The highest BCUT2D eigenvalue weighted by Gasteiger charge is 2.17. The Morgan fingerprint density at radius 3 is 2.50 bits per heavy atom. The number of carbonyl (C=O) groups excluding carboxylic acids is 2. The van der Waals surface area contributed by atoms with E-state index in [0.29, 0.717) is 4.47 Å². The summed E-state index contributed by atoms with van der Waals surface area (Å²) in [7, 11) is -0.624. The van der Waals surface area contributed by atoms with E-state index in [9.17, 15) is 18.0 Å². The monoisotopic (exact) mass is 392 g/mol. The number of carbonyl (C=O) groups is 2. The van der Waals surface area contributed by atoms with Crippen molar-refractivity contribution in [2.75, 3.05) is 27.2 Å². The van der Waals surface area contributed by atoms with Crippen molar-refractivity contribution in [3.8, 4) is 0 Å². The summed E-state index contributed by atoms with van der Waals surface area (Å²) < 4.78 is 31.5. The van der Waals surface area contributed by atoms with E-state index in [1.807, 2.05) is 0 Å². The number of rotatable bonds is 7. The molecule has 1 rings (SSSR count). The lowest BCUT2D eigenvalue weighted by atomic mass is 10.4. The Morgan fingerprint density at radius 2 is 1.91 bits per heavy atom. The number of halogens is 1. The van der Waals surface area contributed by atoms with E-state index in [4.69, 9.17) is 4.74 Å². The van der Waals surface area contributed by atoms with Gasteiger partial charge in [-0.15, -0.1) is 0 Å². The number of hydrogen-bond donors (Lipinski definition) is 1. The number of ether oxygens (including phenoxy) is 1. The molecule has 1 aromatic carbocycles. The van der Waals surface area contributed by atoms with Gasteiger partial charge in [0.15, 0.2) is 6.61 Å². The lowest BCUT2D eigenvalue weighted by Crippen LogP contribution is -2.30. The lowest BCUT2D eigenvalue weighted by molar-refractivity contribution is -0.150. The maximum Gasteiger partial charge on any atom is 0.307 e. The van der Waals surface area contributed by atoms with Gasteiger partial charge in [0.25, 0.3) is 5.91 Å². The smallest absolute Gasteiger partial charge is 0.307 e. The van der Waals surface area contributed by atoms with Gasteiger partial charge < -0.3 is 9.64 Å². The number of hydrogen-bond acceptors (Lipinski definition) is 5. The molecule has 0 bridgehead atoms. The third-order valence-corrected chi connectivity index (χ3v) is 5.08. The summed E-state index contributed by atoms with van der Waals surface area (Å²) in [6, 6.07) is 6.35. The minimum absolute atomic E-state index is 0.0890. The van der Waals surface area contributed by atoms with Crippen LogP contribution in [-0.2, 0) is 24.3 Å². The molecule has 1 amide bonds. The maximum atomic E-state index is 12.0. The summed E-state index contributed by atoms with van der Waals surface area (Å²) in [6.07, 6.45) is -0.162. The Kier molecular flexibility index (Phi) is 6.98. The van der Waals surface area contributed by atoms with Gasteiger partial charge in [0.1, 0.15) is 0 Å². The van der Waals surface area contributed by atoms with Gasteiger partial charge >= 0.3 is 5.97 Å². The Morgan fingerprint density at radius 1 is 1.27 bits per heavy atom. The van der Waals surface area contributed by atoms with Crippen molar-refractivity contribution < 1.29 is 22.7 Å². The van der Waals surface area contributed by atoms with Crippen LogP contribution in [0.3, 0.4) is 0 Å². The molecule has 0 spiro atoms. The number of nitrogens with zero attached hydrogens (tertiary/aromatic N) is 1. The van der Waals surface area contributed by atoms with Crippen LogP contribution in [0.1, 0.15) is 6.42 Å². The first-order chi connectivity index (χ1) is 10.2. The van der Waals surface area contributed by atoms with Gasteiger partial charge in [-0.1, -0.05) is 12.1 Å². The molecule has 0 aliphatic heterocycles. The zero-order valence-corrected chi connectivity index (χ0v) is 14.6. The van der Waals surface area contributed by atoms with E-state index in [1.54, 1.807) is 32.3 Å². The van der Waals surface area contributed by atoms with Crippen molar-refractivity contribution in [2.24, 2.45) is 0 Å². The van der Waals surface area contributed by atoms with Gasteiger partial charge in [0.05, 0.1) is 11.3 Å². The van der Waals surface area contributed by atoms with E-state index < -0.39 is 16.0 Å². The molecule has 7 nitrogen and oxygen atoms in total. The standard InChI is InChI=1S/C13H17BrN2O5S/c1-16(2)12(17)9-21-13(18)7-8-15-22(19,20)11-6-4-3-5-10(11)14/h3-6,15H,7-9H2,1-2H3. The van der Waals surface area contributed by atoms with Crippen LogP contribution >= 0.6 is 15.9 Å². The number of amides is 1. The normalized spacial score (nSPS) is 11.0. The predicted octanol–water partition coefficient (Wildman–Crippen LogP) is 0.749. The van der Waals surface area contributed by atoms with Crippen molar-refractivity contribution >= 4 is 37.8 Å². The van der Waals surface area contributed by atoms with Crippen LogP contribution in [-0.4, -0.2) is 52.4 Å². The molecule has 0 saturated carbocycles. The third-order valence-electron chi connectivity index (χ3n) is 2.60. The molecule has 1 aromatic rings. The Balaban J connectivity index is 2.45. The zero-order chi connectivity index (χ0) is 16.8. The van der Waals surface area contributed by atoms with E-state index in [-0.39, 0.29) is 30.4 Å². The fourth-order valence-electron chi connectivity index (χ4n) is 1.37. The number of esters is 1. The second-order valence-electron chi connectivity index (χ2n) is 4.53. The van der Waals surface area contributed by atoms with E-state index >= 15 is 0 Å². The molecule has 0 unspecified atom stereocenters. The largest absolute Gasteiger partial charge is 0.456 e. The second kappa shape index (κ2) is 8.25. The highest BCUT2D eigenvalue weighted by molar-refractivity contribution is 9.10. The molecule has 0 saturated heterocycles. The molecule has 9 heteroatoms. The summed E-state index contributed by atoms with van der Waals surface area (Å²) >= 11 is 3.15. The predicted molar refractivity (Wildman–Crippen MR) is 83.6 cm³/mol. The average Bonchev–Trinajstić information content (AvgIpc) is 2.44. The second-order valence-corrected chi connectivity index (χ2v) is 7.12. The Bertz CT molecular complexity index is 646. The van der Waals surface area contributed by atoms with Gasteiger partial charge in [-0.25, -0.2) is 13.1 Å². The first-order valence-corrected chi connectivity index (χ1v) is 8.61. The van der Waals surface area contributed by atoms with Gasteiger partial charge in [-0.05, 0) is 28.1 Å². The molecule has 0 atom stereocenters. The maximum absolute atomic E-state index is 12.0. The Hall–Kier alpha value is -1.45. The van der Waals surface area contributed by atoms with E-state index in [2.05, 4.69) is 20.7 Å². The van der Waals surface area contributed by atoms with Crippen LogP contribution in [0.5, 0.6) is 0 Å². The summed E-state index contributed by atoms with van der Waals surface area (Å²) in [6.45, 7) is -0.471. The fraction of sp³-hybridized carbons (Fsp3) is 0.385. The van der Waals surface area contributed by atoms with Gasteiger partial charge in [0, 0.05) is 25.1 Å². The minimum Gasteiger partial charge on any atom is -0.456 e. The van der Waals surface area contributed by atoms with Gasteiger partial charge in [0.2, 0.25) is 10.0 Å². The third kappa shape index (κ3) is 5.74. The minimum atomic E-state index is -3.71. The first kappa shape index (κ1) is 18.6. The van der Waals surface area contributed by atoms with Gasteiger partial charge in [-0.2, -0.15) is 0 Å². The summed E-state index contributed by atoms with van der Waals surface area (Å²) in [5.41, 5.74) is 0.